The highest BCUT2D eigenvalue weighted by Gasteiger charge is 2.50. The van der Waals surface area contributed by atoms with E-state index in [1.165, 1.54) is 58.0 Å². The van der Waals surface area contributed by atoms with Gasteiger partial charge in [0.05, 0.1) is 0 Å². The third-order valence-corrected chi connectivity index (χ3v) is 5.80. The molecule has 2 atom stereocenters. The summed E-state index contributed by atoms with van der Waals surface area (Å²) in [5.41, 5.74) is 0.461. The minimum absolute atomic E-state index is 0.461. The second-order valence-corrected chi connectivity index (χ2v) is 7.93. The molecule has 1 heterocycles. The number of nitrogens with one attached hydrogen (secondary N) is 1. The van der Waals surface area contributed by atoms with Crippen molar-refractivity contribution in [1.29, 1.82) is 0 Å². The van der Waals surface area contributed by atoms with Gasteiger partial charge in [-0.2, -0.15) is 0 Å². The molecule has 3 rings (SSSR count). The van der Waals surface area contributed by atoms with Crippen LogP contribution in [0, 0.1) is 11.8 Å². The summed E-state index contributed by atoms with van der Waals surface area (Å²) >= 11 is 0. The quantitative estimate of drug-likeness (QED) is 0.837. The van der Waals surface area contributed by atoms with E-state index in [9.17, 15) is 0 Å². The largest absolute Gasteiger partial charge is 0.311 e. The van der Waals surface area contributed by atoms with E-state index in [0.717, 1.165) is 23.9 Å². The van der Waals surface area contributed by atoms with Crippen LogP contribution in [-0.4, -0.2) is 35.6 Å². The standard InChI is InChI=1S/C17H32N2/c1-13(2)10-15-11-19(16-6-4-5-7-16)17(3,12-18-15)14-8-9-14/h13-16,18H,4-12H2,1-3H3. The summed E-state index contributed by atoms with van der Waals surface area (Å²) in [7, 11) is 0. The first-order chi connectivity index (χ1) is 9.09. The van der Waals surface area contributed by atoms with Gasteiger partial charge in [-0.1, -0.05) is 26.7 Å². The van der Waals surface area contributed by atoms with E-state index in [2.05, 4.69) is 31.0 Å². The Morgan fingerprint density at radius 1 is 1.16 bits per heavy atom. The first kappa shape index (κ1) is 13.9. The van der Waals surface area contributed by atoms with Gasteiger partial charge in [0.2, 0.25) is 0 Å². The Morgan fingerprint density at radius 3 is 2.42 bits per heavy atom. The van der Waals surface area contributed by atoms with Gasteiger partial charge in [0.1, 0.15) is 0 Å². The van der Waals surface area contributed by atoms with Crippen molar-refractivity contribution in [3.05, 3.63) is 0 Å². The highest BCUT2D eigenvalue weighted by atomic mass is 15.3. The van der Waals surface area contributed by atoms with Crippen LogP contribution in [0.1, 0.15) is 65.7 Å². The van der Waals surface area contributed by atoms with E-state index < -0.39 is 0 Å². The van der Waals surface area contributed by atoms with Gasteiger partial charge in [0, 0.05) is 30.7 Å². The summed E-state index contributed by atoms with van der Waals surface area (Å²) in [4.78, 5) is 2.95. The van der Waals surface area contributed by atoms with Crippen LogP contribution < -0.4 is 5.32 Å². The fourth-order valence-corrected chi connectivity index (χ4v) is 4.56. The molecule has 2 aliphatic carbocycles. The molecule has 2 heteroatoms. The van der Waals surface area contributed by atoms with Crippen molar-refractivity contribution in [3.8, 4) is 0 Å². The smallest absolute Gasteiger partial charge is 0.0337 e. The maximum absolute atomic E-state index is 3.87. The normalized spacial score (nSPS) is 38.2. The molecule has 1 saturated heterocycles. The molecule has 0 aromatic carbocycles. The summed E-state index contributed by atoms with van der Waals surface area (Å²) in [5.74, 6) is 1.79. The number of hydrogen-bond acceptors (Lipinski definition) is 2. The van der Waals surface area contributed by atoms with Crippen LogP contribution in [0.15, 0.2) is 0 Å². The number of nitrogens with zero attached hydrogens (tertiary/aromatic N) is 1. The Hall–Kier alpha value is -0.0800. The molecule has 1 N–H and O–H groups in total. The Bertz CT molecular complexity index is 304. The zero-order valence-corrected chi connectivity index (χ0v) is 13.1. The van der Waals surface area contributed by atoms with E-state index in [1.807, 2.05) is 0 Å². The molecule has 110 valence electrons. The molecule has 0 aromatic heterocycles. The molecule has 2 saturated carbocycles. The fraction of sp³-hybridized carbons (Fsp3) is 1.00. The van der Waals surface area contributed by atoms with Gasteiger partial charge in [-0.15, -0.1) is 0 Å². The lowest BCUT2D eigenvalue weighted by molar-refractivity contribution is -0.00328. The molecule has 1 aliphatic heterocycles. The summed E-state index contributed by atoms with van der Waals surface area (Å²) in [6.07, 6.45) is 10.1. The van der Waals surface area contributed by atoms with Crippen LogP contribution >= 0.6 is 0 Å². The third-order valence-electron chi connectivity index (χ3n) is 5.80. The molecule has 0 radical (unpaired) electrons. The third kappa shape index (κ3) is 2.85. The lowest BCUT2D eigenvalue weighted by atomic mass is 9.86. The lowest BCUT2D eigenvalue weighted by Crippen LogP contribution is -2.66. The van der Waals surface area contributed by atoms with Crippen molar-refractivity contribution in [2.75, 3.05) is 13.1 Å². The van der Waals surface area contributed by atoms with Gasteiger partial charge in [-0.3, -0.25) is 4.90 Å². The Labute approximate surface area is 119 Å². The topological polar surface area (TPSA) is 15.3 Å². The van der Waals surface area contributed by atoms with Gasteiger partial charge in [-0.05, 0) is 50.9 Å². The second kappa shape index (κ2) is 5.37. The van der Waals surface area contributed by atoms with E-state index in [0.29, 0.717) is 5.54 Å². The van der Waals surface area contributed by atoms with Crippen molar-refractivity contribution in [3.63, 3.8) is 0 Å². The molecule has 19 heavy (non-hydrogen) atoms. The van der Waals surface area contributed by atoms with Crippen LogP contribution in [0.4, 0.5) is 0 Å². The summed E-state index contributed by atoms with van der Waals surface area (Å²) in [6.45, 7) is 9.79. The van der Waals surface area contributed by atoms with Crippen LogP contribution in [0.5, 0.6) is 0 Å². The summed E-state index contributed by atoms with van der Waals surface area (Å²) in [6, 6.07) is 1.62. The highest BCUT2D eigenvalue weighted by molar-refractivity contribution is 5.07. The SMILES string of the molecule is CC(C)CC1CN(C2CCCC2)C(C)(C2CC2)CN1. The monoisotopic (exact) mass is 264 g/mol. The Balaban J connectivity index is 1.71. The minimum atomic E-state index is 0.461. The van der Waals surface area contributed by atoms with Crippen molar-refractivity contribution in [2.24, 2.45) is 11.8 Å². The Morgan fingerprint density at radius 2 is 1.84 bits per heavy atom. The molecule has 3 fully saturated rings. The second-order valence-electron chi connectivity index (χ2n) is 7.93. The zero-order valence-electron chi connectivity index (χ0n) is 13.1. The van der Waals surface area contributed by atoms with E-state index in [-0.39, 0.29) is 0 Å². The fourth-order valence-electron chi connectivity index (χ4n) is 4.56. The van der Waals surface area contributed by atoms with E-state index in [4.69, 9.17) is 0 Å². The predicted molar refractivity (Wildman–Crippen MR) is 81.3 cm³/mol. The minimum Gasteiger partial charge on any atom is -0.311 e. The molecule has 0 bridgehead atoms. The van der Waals surface area contributed by atoms with Gasteiger partial charge in [0.25, 0.3) is 0 Å². The van der Waals surface area contributed by atoms with Crippen LogP contribution in [0.3, 0.4) is 0 Å². The average molecular weight is 264 g/mol. The van der Waals surface area contributed by atoms with Crippen LogP contribution in [0.25, 0.3) is 0 Å². The first-order valence-electron chi connectivity index (χ1n) is 8.59. The zero-order chi connectivity index (χ0) is 13.5. The summed E-state index contributed by atoms with van der Waals surface area (Å²) in [5, 5.41) is 3.87. The maximum atomic E-state index is 3.87. The van der Waals surface area contributed by atoms with Gasteiger partial charge >= 0.3 is 0 Å². The van der Waals surface area contributed by atoms with E-state index in [1.54, 1.807) is 0 Å². The number of piperazine rings is 1. The molecule has 3 aliphatic rings. The molecular formula is C17H32N2. The van der Waals surface area contributed by atoms with Crippen molar-refractivity contribution in [2.45, 2.75) is 83.3 Å². The molecule has 2 unspecified atom stereocenters. The van der Waals surface area contributed by atoms with Gasteiger partial charge < -0.3 is 5.32 Å². The van der Waals surface area contributed by atoms with Crippen molar-refractivity contribution < 1.29 is 0 Å². The van der Waals surface area contributed by atoms with E-state index >= 15 is 0 Å². The van der Waals surface area contributed by atoms with Gasteiger partial charge in [-0.25, -0.2) is 0 Å². The average Bonchev–Trinajstić information content (AvgIpc) is 3.09. The van der Waals surface area contributed by atoms with Crippen molar-refractivity contribution >= 4 is 0 Å². The molecule has 2 nitrogen and oxygen atoms in total. The van der Waals surface area contributed by atoms with Crippen molar-refractivity contribution in [1.82, 2.24) is 10.2 Å². The molecule has 0 spiro atoms. The van der Waals surface area contributed by atoms with Crippen LogP contribution in [0.2, 0.25) is 0 Å². The molecule has 0 amide bonds. The molecular weight excluding hydrogens is 232 g/mol. The number of hydrogen-bond donors (Lipinski definition) is 1. The molecule has 0 aromatic rings. The predicted octanol–water partition coefficient (Wildman–Crippen LogP) is 3.42. The lowest BCUT2D eigenvalue weighted by Gasteiger charge is -2.52. The number of rotatable bonds is 4. The van der Waals surface area contributed by atoms with Gasteiger partial charge in [0.15, 0.2) is 0 Å². The summed E-state index contributed by atoms with van der Waals surface area (Å²) < 4.78 is 0. The highest BCUT2D eigenvalue weighted by Crippen LogP contribution is 2.46. The first-order valence-corrected chi connectivity index (χ1v) is 8.59. The maximum Gasteiger partial charge on any atom is 0.0337 e. The Kier molecular flexibility index (Phi) is 3.92. The van der Waals surface area contributed by atoms with Crippen LogP contribution in [-0.2, 0) is 0 Å².